The maximum absolute atomic E-state index is 13.5. The normalized spacial score (nSPS) is 18.6. The number of nitro groups is 1. The van der Waals surface area contributed by atoms with E-state index in [0.717, 1.165) is 17.5 Å². The molecular weight excluding hydrogens is 608 g/mol. The summed E-state index contributed by atoms with van der Waals surface area (Å²) < 4.78 is 22.7. The van der Waals surface area contributed by atoms with Gasteiger partial charge in [0.25, 0.3) is 5.69 Å². The van der Waals surface area contributed by atoms with Gasteiger partial charge in [0.05, 0.1) is 22.4 Å². The Balaban J connectivity index is 1.22. The summed E-state index contributed by atoms with van der Waals surface area (Å²) in [6, 6.07) is 19.8. The number of esters is 2. The van der Waals surface area contributed by atoms with Crippen LogP contribution >= 0.6 is 0 Å². The maximum atomic E-state index is 13.5. The largest absolute Gasteiger partial charge is 0.489 e. The average molecular weight is 639 g/mol. The van der Waals surface area contributed by atoms with Crippen molar-refractivity contribution in [3.63, 3.8) is 0 Å². The lowest BCUT2D eigenvalue weighted by Crippen LogP contribution is -2.62. The second-order valence-corrected chi connectivity index (χ2v) is 11.8. The minimum absolute atomic E-state index is 0.0199. The molecule has 1 saturated heterocycles. The molecule has 0 N–H and O–H groups in total. The first-order valence-electron chi connectivity index (χ1n) is 15.0. The zero-order valence-corrected chi connectivity index (χ0v) is 25.7. The van der Waals surface area contributed by atoms with E-state index in [9.17, 15) is 29.3 Å². The van der Waals surface area contributed by atoms with Crippen molar-refractivity contribution in [2.24, 2.45) is 17.8 Å². The number of carbonyl (C=O) groups excluding carboxylic acids is 3. The van der Waals surface area contributed by atoms with Crippen LogP contribution < -0.4 is 15.1 Å². The molecular formula is C35H30N2O10. The van der Waals surface area contributed by atoms with Crippen molar-refractivity contribution in [3.8, 4) is 11.5 Å². The minimum Gasteiger partial charge on any atom is -0.489 e. The van der Waals surface area contributed by atoms with Crippen molar-refractivity contribution < 1.29 is 37.9 Å². The molecule has 4 aromatic rings. The molecule has 1 amide bonds. The molecule has 1 aromatic heterocycles. The summed E-state index contributed by atoms with van der Waals surface area (Å²) >= 11 is 0. The highest BCUT2D eigenvalue weighted by Gasteiger charge is 2.59. The molecule has 0 bridgehead atoms. The molecule has 3 atom stereocenters. The predicted octanol–water partition coefficient (Wildman–Crippen LogP) is 5.43. The van der Waals surface area contributed by atoms with Gasteiger partial charge in [0.2, 0.25) is 5.91 Å². The van der Waals surface area contributed by atoms with E-state index in [1.807, 2.05) is 32.9 Å². The number of ether oxygens (including phenoxy) is 3. The van der Waals surface area contributed by atoms with Crippen molar-refractivity contribution in [2.75, 3.05) is 6.61 Å². The number of hydrogen-bond donors (Lipinski definition) is 0. The van der Waals surface area contributed by atoms with Gasteiger partial charge in [-0.3, -0.25) is 14.9 Å². The fraction of sp³-hybridized carbons (Fsp3) is 0.257. The van der Waals surface area contributed by atoms with E-state index in [1.165, 1.54) is 23.1 Å². The van der Waals surface area contributed by atoms with E-state index in [0.29, 0.717) is 28.2 Å². The smallest absolute Gasteiger partial charge is 0.363 e. The Labute approximate surface area is 268 Å². The van der Waals surface area contributed by atoms with Gasteiger partial charge >= 0.3 is 17.6 Å². The number of benzene rings is 3. The van der Waals surface area contributed by atoms with Crippen LogP contribution in [0.3, 0.4) is 0 Å². The Morgan fingerprint density at radius 2 is 1.66 bits per heavy atom. The summed E-state index contributed by atoms with van der Waals surface area (Å²) in [7, 11) is 0. The van der Waals surface area contributed by atoms with Gasteiger partial charge in [-0.05, 0) is 42.3 Å². The fourth-order valence-corrected chi connectivity index (χ4v) is 6.13. The number of non-ortho nitro benzene ring substituents is 1. The van der Waals surface area contributed by atoms with E-state index >= 15 is 0 Å². The molecule has 240 valence electrons. The summed E-state index contributed by atoms with van der Waals surface area (Å²) in [5.41, 5.74) is 0.831. The Bertz CT molecular complexity index is 2000. The highest BCUT2D eigenvalue weighted by molar-refractivity contribution is 6.06. The number of para-hydroxylation sites is 1. The highest BCUT2D eigenvalue weighted by Crippen LogP contribution is 2.48. The maximum Gasteiger partial charge on any atom is 0.363 e. The van der Waals surface area contributed by atoms with Gasteiger partial charge in [-0.15, -0.1) is 0 Å². The quantitative estimate of drug-likeness (QED) is 0.0548. The SMILES string of the molecule is CC(C)[C@H]1C(=O)N2C(C(=O)OC(=O)c3ccc([N+](=O)[O-])cc3)=C(COc3ccccc3COc3ccc4ccc(=O)oc4c3)[C@H](C)[C@H]12. The number of amides is 1. The van der Waals surface area contributed by atoms with E-state index in [4.69, 9.17) is 18.6 Å². The zero-order chi connectivity index (χ0) is 33.4. The van der Waals surface area contributed by atoms with Gasteiger partial charge in [-0.2, -0.15) is 0 Å². The molecule has 12 nitrogen and oxygen atoms in total. The molecule has 2 aliphatic heterocycles. The molecule has 0 radical (unpaired) electrons. The number of nitrogens with zero attached hydrogens (tertiary/aromatic N) is 2. The molecule has 1 fully saturated rings. The second kappa shape index (κ2) is 12.5. The number of hydrogen-bond acceptors (Lipinski definition) is 10. The lowest BCUT2D eigenvalue weighted by molar-refractivity contribution is -0.384. The van der Waals surface area contributed by atoms with Crippen molar-refractivity contribution in [1.29, 1.82) is 0 Å². The average Bonchev–Trinajstić information content (AvgIpc) is 3.30. The number of nitro benzene ring substituents is 1. The second-order valence-electron chi connectivity index (χ2n) is 11.8. The Morgan fingerprint density at radius 1 is 0.936 bits per heavy atom. The van der Waals surface area contributed by atoms with Gasteiger partial charge < -0.3 is 23.5 Å². The molecule has 6 rings (SSSR count). The summed E-state index contributed by atoms with van der Waals surface area (Å²) in [6.07, 6.45) is 0. The Kier molecular flexibility index (Phi) is 8.33. The van der Waals surface area contributed by atoms with Gasteiger partial charge in [0.15, 0.2) is 0 Å². The van der Waals surface area contributed by atoms with Crippen LogP contribution in [-0.4, -0.2) is 40.3 Å². The Morgan fingerprint density at radius 3 is 2.38 bits per heavy atom. The summed E-state index contributed by atoms with van der Waals surface area (Å²) in [5, 5.41) is 11.7. The monoisotopic (exact) mass is 638 g/mol. The molecule has 0 unspecified atom stereocenters. The van der Waals surface area contributed by atoms with Crippen molar-refractivity contribution in [3.05, 3.63) is 122 Å². The Hall–Kier alpha value is -5.78. The van der Waals surface area contributed by atoms with Crippen LogP contribution in [0.2, 0.25) is 0 Å². The number of fused-ring (bicyclic) bond motifs is 2. The standard InChI is InChI=1S/C35H30N2O10/c1-19(2)30-31-20(3)26(32(36(31)33(30)39)35(41)47-34(40)22-8-12-24(13-9-22)37(42)43)18-45-27-7-5-4-6-23(27)17-44-25-14-10-21-11-15-29(38)46-28(21)16-25/h4-16,19-20,30-31H,17-18H2,1-3H3/t20-,30+,31+/m0/s1. The number of rotatable bonds is 10. The molecule has 0 spiro atoms. The van der Waals surface area contributed by atoms with E-state index in [-0.39, 0.29) is 59.9 Å². The first kappa shape index (κ1) is 31.2. The van der Waals surface area contributed by atoms with Crippen LogP contribution in [0.1, 0.15) is 36.7 Å². The fourth-order valence-electron chi connectivity index (χ4n) is 6.13. The molecule has 3 aromatic carbocycles. The van der Waals surface area contributed by atoms with E-state index < -0.39 is 22.5 Å². The molecule has 12 heteroatoms. The first-order valence-corrected chi connectivity index (χ1v) is 15.0. The highest BCUT2D eigenvalue weighted by atomic mass is 16.6. The molecule has 0 aliphatic carbocycles. The predicted molar refractivity (Wildman–Crippen MR) is 167 cm³/mol. The van der Waals surface area contributed by atoms with Gasteiger partial charge in [-0.1, -0.05) is 39.0 Å². The number of β-lactam (4-membered cyclic amide) rings is 1. The molecule has 0 saturated carbocycles. The summed E-state index contributed by atoms with van der Waals surface area (Å²) in [4.78, 5) is 63.0. The van der Waals surface area contributed by atoms with Gasteiger partial charge in [-0.25, -0.2) is 14.4 Å². The topological polar surface area (TPSA) is 155 Å². The van der Waals surface area contributed by atoms with Gasteiger partial charge in [0, 0.05) is 46.7 Å². The van der Waals surface area contributed by atoms with E-state index in [1.54, 1.807) is 36.4 Å². The lowest BCUT2D eigenvalue weighted by Gasteiger charge is -2.47. The lowest BCUT2D eigenvalue weighted by atomic mass is 9.74. The van der Waals surface area contributed by atoms with Crippen LogP contribution in [0.4, 0.5) is 5.69 Å². The first-order chi connectivity index (χ1) is 22.5. The molecule has 47 heavy (non-hydrogen) atoms. The van der Waals surface area contributed by atoms with Crippen LogP contribution in [0.15, 0.2) is 99.3 Å². The number of carbonyl (C=O) groups is 3. The van der Waals surface area contributed by atoms with Crippen molar-refractivity contribution >= 4 is 34.5 Å². The van der Waals surface area contributed by atoms with Crippen LogP contribution in [0.5, 0.6) is 11.5 Å². The molecule has 3 heterocycles. The summed E-state index contributed by atoms with van der Waals surface area (Å²) in [5.74, 6) is -1.84. The van der Waals surface area contributed by atoms with Crippen molar-refractivity contribution in [2.45, 2.75) is 33.4 Å². The zero-order valence-electron chi connectivity index (χ0n) is 25.7. The van der Waals surface area contributed by atoms with Crippen molar-refractivity contribution in [1.82, 2.24) is 4.90 Å². The molecule has 2 aliphatic rings. The van der Waals surface area contributed by atoms with Gasteiger partial charge in [0.1, 0.15) is 36.0 Å². The third-order valence-electron chi connectivity index (χ3n) is 8.55. The van der Waals surface area contributed by atoms with Crippen LogP contribution in [0.25, 0.3) is 11.0 Å². The third-order valence-corrected chi connectivity index (χ3v) is 8.55. The van der Waals surface area contributed by atoms with E-state index in [2.05, 4.69) is 0 Å². The van der Waals surface area contributed by atoms with Crippen LogP contribution in [0, 0.1) is 27.9 Å². The third kappa shape index (κ3) is 5.97. The summed E-state index contributed by atoms with van der Waals surface area (Å²) in [6.45, 7) is 5.84. The van der Waals surface area contributed by atoms with Crippen LogP contribution in [-0.2, 0) is 20.9 Å². The minimum atomic E-state index is -1.00.